The molecule has 2 unspecified atom stereocenters. The van der Waals surface area contributed by atoms with Crippen LogP contribution in [0.2, 0.25) is 0 Å². The smallest absolute Gasteiger partial charge is 0.251 e. The molecule has 4 fully saturated rings. The Hall–Kier alpha value is -3.14. The van der Waals surface area contributed by atoms with E-state index in [4.69, 9.17) is 15.5 Å². The third-order valence-corrected chi connectivity index (χ3v) is 6.98. The maximum absolute atomic E-state index is 12.3. The second-order valence-electron chi connectivity index (χ2n) is 9.53. The molecule has 4 N–H and O–H groups in total. The van der Waals surface area contributed by atoms with Crippen molar-refractivity contribution in [1.29, 1.82) is 0 Å². The van der Waals surface area contributed by atoms with E-state index in [2.05, 4.69) is 49.8 Å². The Balaban J connectivity index is 1.30. The maximum Gasteiger partial charge on any atom is 0.251 e. The average Bonchev–Trinajstić information content (AvgIpc) is 2.84. The van der Waals surface area contributed by atoms with Crippen LogP contribution in [-0.2, 0) is 11.3 Å². The molecule has 3 aromatic rings. The van der Waals surface area contributed by atoms with Crippen LogP contribution in [0.15, 0.2) is 36.7 Å². The Labute approximate surface area is 198 Å². The van der Waals surface area contributed by atoms with Crippen molar-refractivity contribution < 1.29 is 9.53 Å². The van der Waals surface area contributed by atoms with Gasteiger partial charge in [-0.1, -0.05) is 24.3 Å². The van der Waals surface area contributed by atoms with E-state index in [1.165, 1.54) is 18.3 Å². The minimum absolute atomic E-state index is 0.250. The van der Waals surface area contributed by atoms with E-state index in [0.29, 0.717) is 40.3 Å². The molecule has 1 aromatic carbocycles. The fraction of sp³-hybridized carbons (Fsp3) is 0.440. The summed E-state index contributed by atoms with van der Waals surface area (Å²) in [6.45, 7) is 4.79. The summed E-state index contributed by atoms with van der Waals surface area (Å²) in [5.41, 5.74) is 9.97. The lowest BCUT2D eigenvalue weighted by molar-refractivity contribution is -0.182. The number of piperidine rings is 2. The largest absolute Gasteiger partial charge is 0.372 e. The number of aromatic nitrogens is 3. The third-order valence-electron chi connectivity index (χ3n) is 6.98. The molecule has 4 aliphatic rings. The van der Waals surface area contributed by atoms with Gasteiger partial charge in [0.05, 0.1) is 23.5 Å². The fourth-order valence-electron chi connectivity index (χ4n) is 5.26. The standard InChI is InChI=1S/C25H29N7O2/c26-24(33)20-9-21(16-5-3-15(4-6-16)11-32-12-18-8-19(13-32)34-18)31-23-22(20)28-14-29-25(23)30-17-2-1-7-27-10-17/h3-6,9,14,17-19,27H,1-2,7-8,10-13H2,(H2,26,33)(H,28,29,30)/t17-,18?,19?/m0/s1. The van der Waals surface area contributed by atoms with Gasteiger partial charge in [0.1, 0.15) is 17.4 Å². The van der Waals surface area contributed by atoms with Crippen LogP contribution in [0.1, 0.15) is 35.2 Å². The number of pyridine rings is 1. The maximum atomic E-state index is 12.3. The molecule has 34 heavy (non-hydrogen) atoms. The first-order valence-electron chi connectivity index (χ1n) is 12.0. The Morgan fingerprint density at radius 1 is 1.18 bits per heavy atom. The van der Waals surface area contributed by atoms with Gasteiger partial charge in [0.25, 0.3) is 5.91 Å². The first kappa shape index (κ1) is 21.4. The molecule has 2 bridgehead atoms. The van der Waals surface area contributed by atoms with Gasteiger partial charge in [-0.3, -0.25) is 9.69 Å². The van der Waals surface area contributed by atoms with Gasteiger partial charge in [0, 0.05) is 44.2 Å². The zero-order valence-electron chi connectivity index (χ0n) is 19.0. The van der Waals surface area contributed by atoms with Crippen molar-refractivity contribution in [3.05, 3.63) is 47.8 Å². The second-order valence-corrected chi connectivity index (χ2v) is 9.53. The van der Waals surface area contributed by atoms with Gasteiger partial charge in [-0.25, -0.2) is 15.0 Å². The van der Waals surface area contributed by atoms with Crippen molar-refractivity contribution >= 4 is 22.8 Å². The van der Waals surface area contributed by atoms with E-state index in [9.17, 15) is 4.79 Å². The molecule has 7 rings (SSSR count). The van der Waals surface area contributed by atoms with E-state index < -0.39 is 5.91 Å². The van der Waals surface area contributed by atoms with Crippen molar-refractivity contribution in [2.75, 3.05) is 31.5 Å². The molecule has 9 nitrogen and oxygen atoms in total. The van der Waals surface area contributed by atoms with Crippen LogP contribution in [0, 0.1) is 0 Å². The number of fused-ring (bicyclic) bond motifs is 3. The molecule has 2 aromatic heterocycles. The topological polar surface area (TPSA) is 118 Å². The minimum Gasteiger partial charge on any atom is -0.372 e. The molecule has 9 heteroatoms. The molecule has 0 saturated carbocycles. The summed E-state index contributed by atoms with van der Waals surface area (Å²) in [6, 6.07) is 10.3. The quantitative estimate of drug-likeness (QED) is 0.512. The third kappa shape index (κ3) is 4.22. The number of nitrogens with one attached hydrogen (secondary N) is 2. The Kier molecular flexibility index (Phi) is 5.60. The molecule has 4 aliphatic heterocycles. The van der Waals surface area contributed by atoms with E-state index in [-0.39, 0.29) is 6.04 Å². The number of carbonyl (C=O) groups is 1. The normalized spacial score (nSPS) is 24.5. The van der Waals surface area contributed by atoms with Crippen molar-refractivity contribution in [3.63, 3.8) is 0 Å². The summed E-state index contributed by atoms with van der Waals surface area (Å²) in [5.74, 6) is 0.102. The first-order valence-corrected chi connectivity index (χ1v) is 12.0. The van der Waals surface area contributed by atoms with Crippen LogP contribution in [0.4, 0.5) is 5.82 Å². The highest BCUT2D eigenvalue weighted by Crippen LogP contribution is 2.30. The van der Waals surface area contributed by atoms with Gasteiger partial charge in [0.15, 0.2) is 5.82 Å². The molecule has 1 amide bonds. The van der Waals surface area contributed by atoms with E-state index in [0.717, 1.165) is 51.1 Å². The van der Waals surface area contributed by atoms with Gasteiger partial charge >= 0.3 is 0 Å². The van der Waals surface area contributed by atoms with Crippen LogP contribution in [-0.4, -0.2) is 70.2 Å². The van der Waals surface area contributed by atoms with Crippen molar-refractivity contribution in [2.45, 2.75) is 44.1 Å². The summed E-state index contributed by atoms with van der Waals surface area (Å²) in [5, 5.41) is 6.88. The predicted octanol–water partition coefficient (Wildman–Crippen LogP) is 1.93. The lowest BCUT2D eigenvalue weighted by Gasteiger charge is -2.47. The van der Waals surface area contributed by atoms with Gasteiger partial charge in [-0.2, -0.15) is 0 Å². The number of nitrogens with two attached hydrogens (primary N) is 1. The van der Waals surface area contributed by atoms with Crippen molar-refractivity contribution in [2.24, 2.45) is 5.73 Å². The van der Waals surface area contributed by atoms with Gasteiger partial charge in [0.2, 0.25) is 0 Å². The number of carbonyl (C=O) groups excluding carboxylic acids is 1. The van der Waals surface area contributed by atoms with Crippen LogP contribution >= 0.6 is 0 Å². The summed E-state index contributed by atoms with van der Waals surface area (Å²) in [6.07, 6.45) is 5.61. The minimum atomic E-state index is -0.528. The van der Waals surface area contributed by atoms with Crippen molar-refractivity contribution in [1.82, 2.24) is 25.2 Å². The molecule has 0 radical (unpaired) electrons. The Morgan fingerprint density at radius 3 is 2.68 bits per heavy atom. The number of anilines is 1. The molecule has 3 atom stereocenters. The highest BCUT2D eigenvalue weighted by atomic mass is 16.5. The van der Waals surface area contributed by atoms with Crippen molar-refractivity contribution in [3.8, 4) is 11.3 Å². The summed E-state index contributed by atoms with van der Waals surface area (Å²) in [4.78, 5) is 28.4. The van der Waals surface area contributed by atoms with Crippen LogP contribution < -0.4 is 16.4 Å². The molecular formula is C25H29N7O2. The van der Waals surface area contributed by atoms with Gasteiger partial charge in [-0.15, -0.1) is 0 Å². The molecule has 0 aliphatic carbocycles. The number of benzene rings is 1. The molecule has 4 saturated heterocycles. The predicted molar refractivity (Wildman–Crippen MR) is 129 cm³/mol. The number of primary amides is 1. The number of rotatable bonds is 6. The monoisotopic (exact) mass is 459 g/mol. The lowest BCUT2D eigenvalue weighted by atomic mass is 9.98. The van der Waals surface area contributed by atoms with Gasteiger partial charge in [-0.05, 0) is 31.0 Å². The van der Waals surface area contributed by atoms with Crippen LogP contribution in [0.5, 0.6) is 0 Å². The summed E-state index contributed by atoms with van der Waals surface area (Å²) >= 11 is 0. The van der Waals surface area contributed by atoms with Crippen LogP contribution in [0.25, 0.3) is 22.3 Å². The lowest BCUT2D eigenvalue weighted by Crippen LogP contribution is -2.56. The fourth-order valence-corrected chi connectivity index (χ4v) is 5.26. The average molecular weight is 460 g/mol. The highest BCUT2D eigenvalue weighted by Gasteiger charge is 2.37. The molecular weight excluding hydrogens is 430 g/mol. The number of morpholine rings is 1. The molecule has 0 spiro atoms. The Bertz CT molecular complexity index is 1190. The number of nitrogens with zero attached hydrogens (tertiary/aromatic N) is 4. The zero-order valence-corrected chi connectivity index (χ0v) is 19.0. The van der Waals surface area contributed by atoms with E-state index in [1.807, 2.05) is 0 Å². The summed E-state index contributed by atoms with van der Waals surface area (Å²) in [7, 11) is 0. The number of amides is 1. The number of ether oxygens (including phenoxy) is 1. The number of hydrogen-bond acceptors (Lipinski definition) is 8. The van der Waals surface area contributed by atoms with E-state index in [1.54, 1.807) is 6.07 Å². The Morgan fingerprint density at radius 2 is 1.97 bits per heavy atom. The summed E-state index contributed by atoms with van der Waals surface area (Å²) < 4.78 is 5.74. The van der Waals surface area contributed by atoms with Crippen LogP contribution in [0.3, 0.4) is 0 Å². The number of hydrogen-bond donors (Lipinski definition) is 3. The highest BCUT2D eigenvalue weighted by molar-refractivity contribution is 6.06. The van der Waals surface area contributed by atoms with Gasteiger partial charge < -0.3 is 21.1 Å². The first-order chi connectivity index (χ1) is 16.6. The SMILES string of the molecule is NC(=O)c1cc(-c2ccc(CN3CC4CC(C3)O4)cc2)nc2c(N[C@H]3CCCNC3)ncnc12. The zero-order chi connectivity index (χ0) is 23.1. The molecule has 176 valence electrons. The molecule has 6 heterocycles. The second kappa shape index (κ2) is 8.90. The van der Waals surface area contributed by atoms with E-state index >= 15 is 0 Å².